The molecule has 0 amide bonds. The average Bonchev–Trinajstić information content (AvgIpc) is 3.08. The first-order chi connectivity index (χ1) is 22.9. The third-order valence-corrected chi connectivity index (χ3v) is 14.8. The summed E-state index contributed by atoms with van der Waals surface area (Å²) in [5.74, 6) is 4.30. The van der Waals surface area contributed by atoms with Gasteiger partial charge in [0.2, 0.25) is 0 Å². The second-order valence-corrected chi connectivity index (χ2v) is 18.6. The van der Waals surface area contributed by atoms with Crippen LogP contribution in [0.1, 0.15) is 170 Å². The molecule has 0 bridgehead atoms. The fraction of sp³-hybridized carbons (Fsp3) is 1.00. The molecule has 2 unspecified atom stereocenters. The van der Waals surface area contributed by atoms with Crippen LogP contribution in [-0.4, -0.2) is 60.4 Å². The Balaban J connectivity index is 0.895. The van der Waals surface area contributed by atoms with Gasteiger partial charge in [-0.2, -0.15) is 0 Å². The van der Waals surface area contributed by atoms with Gasteiger partial charge >= 0.3 is 0 Å². The predicted molar refractivity (Wildman–Crippen MR) is 193 cm³/mol. The van der Waals surface area contributed by atoms with Gasteiger partial charge in [0, 0.05) is 0 Å². The molecule has 0 aliphatic heterocycles. The van der Waals surface area contributed by atoms with E-state index in [1.807, 2.05) is 0 Å². The monoisotopic (exact) mass is 677 g/mol. The fourth-order valence-electron chi connectivity index (χ4n) is 10.9. The molecule has 0 aromatic heterocycles. The van der Waals surface area contributed by atoms with Crippen LogP contribution in [0, 0.1) is 46.3 Å². The lowest BCUT2D eigenvalue weighted by Crippen LogP contribution is -2.39. The molecule has 280 valence electrons. The molecule has 48 heavy (non-hydrogen) atoms. The Morgan fingerprint density at radius 3 is 1.00 bits per heavy atom. The highest BCUT2D eigenvalue weighted by Crippen LogP contribution is 2.50. The van der Waals surface area contributed by atoms with E-state index >= 15 is 0 Å². The van der Waals surface area contributed by atoms with Crippen LogP contribution in [0.25, 0.3) is 0 Å². The van der Waals surface area contributed by atoms with Gasteiger partial charge in [-0.1, -0.05) is 27.7 Å². The van der Waals surface area contributed by atoms with Crippen LogP contribution in [0.4, 0.5) is 0 Å². The fourth-order valence-corrected chi connectivity index (χ4v) is 10.9. The molecule has 0 saturated heterocycles. The SMILES string of the molecule is CC(OCC1CCC(COC(C)OC2CCC(C(C)(C)C3CCC(O)CC3)CC2)CC1)OC1CCC(C(C)(C)C2CCC(O)CC2)CC1. The predicted octanol–water partition coefficient (Wildman–Crippen LogP) is 9.82. The van der Waals surface area contributed by atoms with Crippen LogP contribution >= 0.6 is 0 Å². The maximum absolute atomic E-state index is 9.96. The van der Waals surface area contributed by atoms with Gasteiger partial charge in [-0.3, -0.25) is 0 Å². The molecule has 5 rings (SSSR count). The lowest BCUT2D eigenvalue weighted by molar-refractivity contribution is -0.183. The minimum absolute atomic E-state index is 0.0661. The maximum atomic E-state index is 9.96. The third kappa shape index (κ3) is 10.9. The molecule has 0 aromatic rings. The Morgan fingerprint density at radius 1 is 0.438 bits per heavy atom. The van der Waals surface area contributed by atoms with E-state index in [1.165, 1.54) is 77.0 Å². The van der Waals surface area contributed by atoms with E-state index in [0.717, 1.165) is 88.3 Å². The van der Waals surface area contributed by atoms with E-state index in [9.17, 15) is 10.2 Å². The molecule has 5 aliphatic rings. The van der Waals surface area contributed by atoms with Crippen molar-refractivity contribution in [2.75, 3.05) is 13.2 Å². The van der Waals surface area contributed by atoms with Crippen LogP contribution < -0.4 is 0 Å². The van der Waals surface area contributed by atoms with Crippen molar-refractivity contribution in [1.29, 1.82) is 0 Å². The van der Waals surface area contributed by atoms with Crippen molar-refractivity contribution in [2.45, 2.75) is 207 Å². The lowest BCUT2D eigenvalue weighted by atomic mass is 9.60. The summed E-state index contributed by atoms with van der Waals surface area (Å²) in [6.45, 7) is 15.8. The minimum atomic E-state index is -0.124. The summed E-state index contributed by atoms with van der Waals surface area (Å²) in [6.07, 6.45) is 23.5. The number of rotatable bonds is 14. The van der Waals surface area contributed by atoms with E-state index < -0.39 is 0 Å². The van der Waals surface area contributed by atoms with Crippen LogP contribution in [0.5, 0.6) is 0 Å². The Morgan fingerprint density at radius 2 is 0.708 bits per heavy atom. The van der Waals surface area contributed by atoms with Crippen LogP contribution in [-0.2, 0) is 18.9 Å². The zero-order chi connectivity index (χ0) is 34.3. The first-order valence-electron chi connectivity index (χ1n) is 20.8. The molecule has 2 N–H and O–H groups in total. The summed E-state index contributed by atoms with van der Waals surface area (Å²) in [5, 5.41) is 19.9. The van der Waals surface area contributed by atoms with Gasteiger partial charge in [0.1, 0.15) is 0 Å². The number of aliphatic hydroxyl groups excluding tert-OH is 2. The van der Waals surface area contributed by atoms with Crippen molar-refractivity contribution >= 4 is 0 Å². The normalized spacial score (nSPS) is 38.8. The largest absolute Gasteiger partial charge is 0.393 e. The smallest absolute Gasteiger partial charge is 0.155 e. The highest BCUT2D eigenvalue weighted by molar-refractivity contribution is 4.92. The molecule has 0 heterocycles. The highest BCUT2D eigenvalue weighted by atomic mass is 16.7. The van der Waals surface area contributed by atoms with Gasteiger partial charge in [0.05, 0.1) is 37.6 Å². The number of ether oxygens (including phenoxy) is 4. The molecule has 0 spiro atoms. The van der Waals surface area contributed by atoms with Crippen molar-refractivity contribution < 1.29 is 29.2 Å². The van der Waals surface area contributed by atoms with E-state index in [-0.39, 0.29) is 24.8 Å². The van der Waals surface area contributed by atoms with Crippen molar-refractivity contribution in [3.05, 3.63) is 0 Å². The Labute approximate surface area is 295 Å². The van der Waals surface area contributed by atoms with Crippen LogP contribution in [0.2, 0.25) is 0 Å². The molecule has 0 radical (unpaired) electrons. The third-order valence-electron chi connectivity index (χ3n) is 14.8. The molecule has 5 fully saturated rings. The van der Waals surface area contributed by atoms with Crippen molar-refractivity contribution in [3.8, 4) is 0 Å². The molecule has 0 aromatic carbocycles. The Kier molecular flexibility index (Phi) is 14.6. The Bertz CT molecular complexity index is 823. The number of hydrogen-bond donors (Lipinski definition) is 2. The van der Waals surface area contributed by atoms with E-state index in [2.05, 4.69) is 41.5 Å². The topological polar surface area (TPSA) is 77.4 Å². The number of aliphatic hydroxyl groups is 2. The Hall–Kier alpha value is -0.240. The van der Waals surface area contributed by atoms with E-state index in [0.29, 0.717) is 34.9 Å². The summed E-state index contributed by atoms with van der Waals surface area (Å²) in [6, 6.07) is 0. The van der Waals surface area contributed by atoms with Gasteiger partial charge in [-0.05, 0) is 189 Å². The van der Waals surface area contributed by atoms with Gasteiger partial charge in [0.25, 0.3) is 0 Å². The molecular formula is C42H76O6. The first-order valence-corrected chi connectivity index (χ1v) is 20.8. The van der Waals surface area contributed by atoms with Crippen molar-refractivity contribution in [1.82, 2.24) is 0 Å². The summed E-state index contributed by atoms with van der Waals surface area (Å²) < 4.78 is 25.3. The summed E-state index contributed by atoms with van der Waals surface area (Å²) in [7, 11) is 0. The second kappa shape index (κ2) is 18.0. The minimum Gasteiger partial charge on any atom is -0.393 e. The molecular weight excluding hydrogens is 600 g/mol. The average molecular weight is 677 g/mol. The van der Waals surface area contributed by atoms with Gasteiger partial charge < -0.3 is 29.2 Å². The molecule has 2 atom stereocenters. The standard InChI is InChI=1S/C42H76O6/c1-29(47-39-23-15-35(16-24-39)41(3,4)33-11-19-37(43)20-12-33)45-27-31-7-9-32(10-8-31)28-46-30(2)48-40-25-17-36(18-26-40)42(5,6)34-13-21-38(44)22-14-34/h29-40,43-44H,7-28H2,1-6H3. The number of hydrogen-bond acceptors (Lipinski definition) is 6. The first kappa shape index (κ1) is 39.0. The second-order valence-electron chi connectivity index (χ2n) is 18.6. The van der Waals surface area contributed by atoms with Crippen LogP contribution in [0.3, 0.4) is 0 Å². The van der Waals surface area contributed by atoms with Crippen molar-refractivity contribution in [2.24, 2.45) is 46.3 Å². The van der Waals surface area contributed by atoms with Crippen LogP contribution in [0.15, 0.2) is 0 Å². The molecule has 5 aliphatic carbocycles. The zero-order valence-corrected chi connectivity index (χ0v) is 32.0. The molecule has 5 saturated carbocycles. The summed E-state index contributed by atoms with van der Waals surface area (Å²) >= 11 is 0. The van der Waals surface area contributed by atoms with Gasteiger partial charge in [0.15, 0.2) is 12.6 Å². The van der Waals surface area contributed by atoms with Gasteiger partial charge in [-0.25, -0.2) is 0 Å². The van der Waals surface area contributed by atoms with E-state index in [4.69, 9.17) is 18.9 Å². The molecule has 6 heteroatoms. The van der Waals surface area contributed by atoms with E-state index in [1.54, 1.807) is 0 Å². The van der Waals surface area contributed by atoms with Crippen molar-refractivity contribution in [3.63, 3.8) is 0 Å². The lowest BCUT2D eigenvalue weighted by Gasteiger charge is -2.46. The molecule has 6 nitrogen and oxygen atoms in total. The highest BCUT2D eigenvalue weighted by Gasteiger charge is 2.42. The summed E-state index contributed by atoms with van der Waals surface area (Å²) in [5.41, 5.74) is 0.723. The quantitative estimate of drug-likeness (QED) is 0.178. The maximum Gasteiger partial charge on any atom is 0.155 e. The summed E-state index contributed by atoms with van der Waals surface area (Å²) in [4.78, 5) is 0. The van der Waals surface area contributed by atoms with Gasteiger partial charge in [-0.15, -0.1) is 0 Å². The zero-order valence-electron chi connectivity index (χ0n) is 32.0.